The summed E-state index contributed by atoms with van der Waals surface area (Å²) in [7, 11) is -4.65. The zero-order chi connectivity index (χ0) is 51.3. The van der Waals surface area contributed by atoms with Gasteiger partial charge >= 0.3 is 0 Å². The molecule has 0 saturated carbocycles. The van der Waals surface area contributed by atoms with E-state index in [4.69, 9.17) is 32.8 Å². The van der Waals surface area contributed by atoms with Crippen molar-refractivity contribution in [1.29, 1.82) is 0 Å². The van der Waals surface area contributed by atoms with Gasteiger partial charge in [0.1, 0.15) is 0 Å². The van der Waals surface area contributed by atoms with E-state index in [1.54, 1.807) is 31.4 Å². The molecule has 13 heteroatoms. The summed E-state index contributed by atoms with van der Waals surface area (Å²) in [5.41, 5.74) is 2.07. The monoisotopic (exact) mass is 1010 g/mol. The smallest absolute Gasteiger partial charge is 0.193 e. The van der Waals surface area contributed by atoms with Crippen LogP contribution in [-0.2, 0) is 42.7 Å². The quantitative estimate of drug-likeness (QED) is 0.0848. The second kappa shape index (κ2) is 24.7. The van der Waals surface area contributed by atoms with Crippen molar-refractivity contribution < 1.29 is 51.5 Å². The molecule has 11 nitrogen and oxygen atoms in total. The maximum atomic E-state index is 15.4. The summed E-state index contributed by atoms with van der Waals surface area (Å²) >= 11 is 0. The van der Waals surface area contributed by atoms with Crippen LogP contribution in [0.2, 0.25) is 18.1 Å². The fourth-order valence-electron chi connectivity index (χ4n) is 12.0. The number of rotatable bonds is 22. The van der Waals surface area contributed by atoms with Gasteiger partial charge in [-0.1, -0.05) is 105 Å². The van der Waals surface area contributed by atoms with Crippen molar-refractivity contribution in [2.75, 3.05) is 13.7 Å². The summed E-state index contributed by atoms with van der Waals surface area (Å²) in [6.07, 6.45) is 8.07. The number of hydrogen-bond donors (Lipinski definition) is 2. The highest BCUT2D eigenvalue weighted by atomic mass is 32.2. The van der Waals surface area contributed by atoms with Gasteiger partial charge < -0.3 is 43.1 Å². The molecule has 5 heterocycles. The molecule has 0 aliphatic carbocycles. The predicted octanol–water partition coefficient (Wildman–Crippen LogP) is 11.0. The van der Waals surface area contributed by atoms with Gasteiger partial charge in [0.05, 0.1) is 89.5 Å². The molecule has 0 amide bonds. The average Bonchev–Trinajstić information content (AvgIpc) is 3.84. The number of hydrogen-bond acceptors (Lipinski definition) is 11. The fraction of sp³-hybridized carbons (Fsp3) is 0.789. The maximum Gasteiger partial charge on any atom is 0.193 e. The van der Waals surface area contributed by atoms with Crippen LogP contribution < -0.4 is 0 Å². The van der Waals surface area contributed by atoms with Crippen LogP contribution in [-0.4, -0.2) is 125 Å². The van der Waals surface area contributed by atoms with Gasteiger partial charge in [-0.05, 0) is 130 Å². The standard InChI is InChI=1S/C57H94O11SSi/c1-15-21-48(68-70(13,14)57(9,10)11)54-40(8)39(7)53-47(67-54)28-26-43(65-53)33-45(59)56(69(60,61)44-23-18-17-19-24-44)52-50(66-51(55(52)62-12)30-35(3)16-2)34-49-38(6)36(4)31-42(64-49)25-27-46-37(5)32-41(63-46)22-20-29-58/h15,17-19,21,23-24,35-36,39-43,45-56,58-59H,5-6,16,20,22,25-34H2,1-4,7-14H3/b21-15+/t35-,36-,39-,40+,41+,42+,43?,45?,46?,47?,48+,49?,50+,51-,52+,53?,54-,55+,56?/m1/s1. The first-order valence-corrected chi connectivity index (χ1v) is 31.5. The average molecular weight is 1020 g/mol. The molecule has 0 radical (unpaired) electrons. The summed E-state index contributed by atoms with van der Waals surface area (Å²) in [6.45, 7) is 33.4. The number of sulfone groups is 1. The molecule has 5 fully saturated rings. The summed E-state index contributed by atoms with van der Waals surface area (Å²) < 4.78 is 78.6. The summed E-state index contributed by atoms with van der Waals surface area (Å²) in [4.78, 5) is 0.161. The minimum atomic E-state index is -4.18. The molecule has 7 unspecified atom stereocenters. The number of ether oxygens (including phenoxy) is 6. The third-order valence-corrected chi connectivity index (χ3v) is 24.4. The summed E-state index contributed by atoms with van der Waals surface area (Å²) in [5, 5.41) is 21.0. The first kappa shape index (κ1) is 57.5. The lowest BCUT2D eigenvalue weighted by atomic mass is 9.77. The van der Waals surface area contributed by atoms with Crippen molar-refractivity contribution in [1.82, 2.24) is 0 Å². The van der Waals surface area contributed by atoms with Crippen molar-refractivity contribution in [3.63, 3.8) is 0 Å². The fourth-order valence-corrected chi connectivity index (χ4v) is 15.4. The Kier molecular flexibility index (Phi) is 20.3. The van der Waals surface area contributed by atoms with Crippen molar-refractivity contribution in [3.05, 3.63) is 66.8 Å². The van der Waals surface area contributed by atoms with E-state index in [-0.39, 0.29) is 95.7 Å². The Bertz CT molecular complexity index is 1970. The number of methoxy groups -OCH3 is 1. The highest BCUT2D eigenvalue weighted by Gasteiger charge is 2.57. The molecule has 19 atom stereocenters. The van der Waals surface area contributed by atoms with Crippen molar-refractivity contribution in [2.45, 2.75) is 247 Å². The largest absolute Gasteiger partial charge is 0.408 e. The Morgan fingerprint density at radius 1 is 0.900 bits per heavy atom. The Morgan fingerprint density at radius 3 is 2.24 bits per heavy atom. The molecule has 5 saturated heterocycles. The first-order valence-electron chi connectivity index (χ1n) is 27.1. The SMILES string of the molecule is C=C1C[C@H](CCCO)OC1CC[C@H]1C[C@@H](C)C(=C)C(C[C@@H]2O[C@H](C[C@H](C)CC)[C@H](OC)[C@H]2C(C(O)CC2CCC3O[C@@H]([C@H](/C=C/C)O[Si](C)(C)C(C)(C)C)[C@@H](C)[C@@H](C)C3O2)S(=O)(=O)c2ccccc2)O1. The molecular formula is C57H94O11SSi. The van der Waals surface area contributed by atoms with Gasteiger partial charge in [0.15, 0.2) is 18.2 Å². The van der Waals surface area contributed by atoms with Crippen LogP contribution in [0.15, 0.2) is 71.7 Å². The second-order valence-corrected chi connectivity index (χ2v) is 30.5. The molecule has 0 bridgehead atoms. The van der Waals surface area contributed by atoms with Crippen LogP contribution in [0.3, 0.4) is 0 Å². The van der Waals surface area contributed by atoms with E-state index >= 15 is 8.42 Å². The zero-order valence-electron chi connectivity index (χ0n) is 45.1. The van der Waals surface area contributed by atoms with Gasteiger partial charge in [0.2, 0.25) is 0 Å². The van der Waals surface area contributed by atoms with Gasteiger partial charge in [0, 0.05) is 32.5 Å². The van der Waals surface area contributed by atoms with Gasteiger partial charge in [-0.25, -0.2) is 8.42 Å². The highest BCUT2D eigenvalue weighted by Crippen LogP contribution is 2.47. The van der Waals surface area contributed by atoms with Gasteiger partial charge in [-0.3, -0.25) is 0 Å². The van der Waals surface area contributed by atoms with Crippen LogP contribution in [0.4, 0.5) is 0 Å². The molecular weight excluding hydrogens is 921 g/mol. The predicted molar refractivity (Wildman–Crippen MR) is 281 cm³/mol. The molecule has 2 N–H and O–H groups in total. The highest BCUT2D eigenvalue weighted by molar-refractivity contribution is 7.92. The zero-order valence-corrected chi connectivity index (χ0v) is 46.9. The van der Waals surface area contributed by atoms with E-state index in [2.05, 4.69) is 93.8 Å². The van der Waals surface area contributed by atoms with Crippen molar-refractivity contribution >= 4 is 18.2 Å². The lowest BCUT2D eigenvalue weighted by molar-refractivity contribution is -0.240. The minimum absolute atomic E-state index is 0.0429. The van der Waals surface area contributed by atoms with Gasteiger partial charge in [-0.15, -0.1) is 0 Å². The minimum Gasteiger partial charge on any atom is -0.408 e. The second-order valence-electron chi connectivity index (χ2n) is 23.6. The number of aliphatic hydroxyl groups excluding tert-OH is 2. The summed E-state index contributed by atoms with van der Waals surface area (Å²) in [5.74, 6) is -0.00594. The van der Waals surface area contributed by atoms with E-state index in [0.29, 0.717) is 31.6 Å². The topological polar surface area (TPSA) is 139 Å². The van der Waals surface area contributed by atoms with Crippen molar-refractivity contribution in [3.8, 4) is 0 Å². The maximum absolute atomic E-state index is 15.4. The molecule has 398 valence electrons. The van der Waals surface area contributed by atoms with E-state index in [0.717, 1.165) is 56.1 Å². The molecule has 5 aliphatic rings. The van der Waals surface area contributed by atoms with Crippen LogP contribution in [0.1, 0.15) is 139 Å². The third-order valence-electron chi connectivity index (χ3n) is 17.7. The normalized spacial score (nSPS) is 36.3. The Labute approximate surface area is 424 Å². The molecule has 5 aliphatic heterocycles. The van der Waals surface area contributed by atoms with E-state index in [1.165, 1.54) is 0 Å². The number of fused-ring (bicyclic) bond motifs is 1. The van der Waals surface area contributed by atoms with Gasteiger partial charge in [-0.2, -0.15) is 0 Å². The van der Waals surface area contributed by atoms with Crippen molar-refractivity contribution in [2.24, 2.45) is 29.6 Å². The number of allylic oxidation sites excluding steroid dienone is 1. The molecule has 6 rings (SSSR count). The lowest BCUT2D eigenvalue weighted by Gasteiger charge is -2.51. The van der Waals surface area contributed by atoms with Crippen LogP contribution in [0.25, 0.3) is 0 Å². The third kappa shape index (κ3) is 13.4. The lowest BCUT2D eigenvalue weighted by Crippen LogP contribution is -2.59. The Hall–Kier alpha value is -1.75. The molecule has 0 spiro atoms. The Morgan fingerprint density at radius 2 is 1.60 bits per heavy atom. The van der Waals surface area contributed by atoms with Gasteiger partial charge in [0.25, 0.3) is 0 Å². The molecule has 1 aromatic carbocycles. The van der Waals surface area contributed by atoms with E-state index in [9.17, 15) is 10.2 Å². The van der Waals surface area contributed by atoms with Crippen LogP contribution in [0.5, 0.6) is 0 Å². The van der Waals surface area contributed by atoms with E-state index in [1.807, 2.05) is 13.0 Å². The van der Waals surface area contributed by atoms with Crippen LogP contribution >= 0.6 is 0 Å². The van der Waals surface area contributed by atoms with E-state index < -0.39 is 53.7 Å². The number of aliphatic hydroxyl groups is 2. The molecule has 1 aromatic rings. The van der Waals surface area contributed by atoms with Crippen LogP contribution in [0, 0.1) is 29.6 Å². The Balaban J connectivity index is 1.25. The number of benzene rings is 1. The first-order chi connectivity index (χ1) is 33.0. The molecule has 0 aromatic heterocycles. The summed E-state index contributed by atoms with van der Waals surface area (Å²) in [6, 6.07) is 8.55. The molecule has 70 heavy (non-hydrogen) atoms.